The molecule has 7 heteroatoms. The fourth-order valence-corrected chi connectivity index (χ4v) is 1.59. The number of carbonyl (C=O) groups excluding carboxylic acids is 1. The first-order valence-electron chi connectivity index (χ1n) is 6.15. The summed E-state index contributed by atoms with van der Waals surface area (Å²) in [5.74, 6) is -0.517. The first kappa shape index (κ1) is 16.4. The molecule has 1 atom stereocenters. The third-order valence-electron chi connectivity index (χ3n) is 2.39. The van der Waals surface area contributed by atoms with Crippen LogP contribution in [0.4, 0.5) is 5.69 Å². The molecule has 0 bridgehead atoms. The van der Waals surface area contributed by atoms with Crippen LogP contribution in [0.25, 0.3) is 0 Å². The number of hydrogen-bond donors (Lipinski definition) is 0. The van der Waals surface area contributed by atoms with Crippen molar-refractivity contribution >= 4 is 23.2 Å². The number of amides is 1. The van der Waals surface area contributed by atoms with Crippen molar-refractivity contribution in [3.63, 3.8) is 0 Å². The molecule has 110 valence electrons. The van der Waals surface area contributed by atoms with Crippen molar-refractivity contribution in [1.29, 1.82) is 0 Å². The van der Waals surface area contributed by atoms with Crippen LogP contribution in [0, 0.1) is 16.0 Å². The summed E-state index contributed by atoms with van der Waals surface area (Å²) in [5, 5.41) is 10.6. The summed E-state index contributed by atoms with van der Waals surface area (Å²) in [6.45, 7) is 4.31. The summed E-state index contributed by atoms with van der Waals surface area (Å²) in [6, 6.07) is 8.58. The van der Waals surface area contributed by atoms with Crippen LogP contribution >= 0.6 is 11.6 Å². The average Bonchev–Trinajstić information content (AvgIpc) is 2.42. The van der Waals surface area contributed by atoms with Gasteiger partial charge in [-0.25, -0.2) is 0 Å². The van der Waals surface area contributed by atoms with Crippen LogP contribution < -0.4 is 4.90 Å². The van der Waals surface area contributed by atoms with E-state index in [1.807, 2.05) is 13.8 Å². The van der Waals surface area contributed by atoms with Gasteiger partial charge in [0.25, 0.3) is 0 Å². The molecule has 0 aliphatic heterocycles. The second kappa shape index (κ2) is 7.81. The molecular formula is C13H17ClN2O4. The van der Waals surface area contributed by atoms with E-state index in [9.17, 15) is 14.9 Å². The largest absolute Gasteiger partial charge is 0.363 e. The third kappa shape index (κ3) is 4.79. The Morgan fingerprint density at radius 1 is 1.40 bits per heavy atom. The fourth-order valence-electron chi connectivity index (χ4n) is 1.47. The van der Waals surface area contributed by atoms with Crippen LogP contribution in [0.2, 0.25) is 0 Å². The number of benzene rings is 1. The number of nitrogens with zero attached hydrogens (tertiary/aromatic N) is 2. The van der Waals surface area contributed by atoms with E-state index in [-0.39, 0.29) is 6.73 Å². The van der Waals surface area contributed by atoms with Gasteiger partial charge in [0, 0.05) is 10.6 Å². The number of ether oxygens (including phenoxy) is 1. The van der Waals surface area contributed by atoms with E-state index >= 15 is 0 Å². The van der Waals surface area contributed by atoms with Gasteiger partial charge >= 0.3 is 11.4 Å². The number of carbonyl (C=O) groups is 1. The molecule has 0 aromatic heterocycles. The highest BCUT2D eigenvalue weighted by atomic mass is 35.5. The highest BCUT2D eigenvalue weighted by Crippen LogP contribution is 2.16. The normalized spacial score (nSPS) is 12.2. The zero-order valence-electron chi connectivity index (χ0n) is 11.4. The fraction of sp³-hybridized carbons (Fsp3) is 0.462. The number of para-hydroxylation sites is 1. The lowest BCUT2D eigenvalue weighted by Gasteiger charge is -2.22. The molecule has 1 amide bonds. The Balaban J connectivity index is 2.84. The Morgan fingerprint density at radius 3 is 2.50 bits per heavy atom. The maximum Gasteiger partial charge on any atom is 0.363 e. The third-order valence-corrected chi connectivity index (χ3v) is 2.74. The smallest absolute Gasteiger partial charge is 0.360 e. The summed E-state index contributed by atoms with van der Waals surface area (Å²) in [7, 11) is 0. The van der Waals surface area contributed by atoms with Crippen molar-refractivity contribution in [3.05, 3.63) is 40.4 Å². The van der Waals surface area contributed by atoms with Crippen LogP contribution in [-0.4, -0.2) is 29.7 Å². The Kier molecular flexibility index (Phi) is 6.41. The SMILES string of the molecule is CC(C)COCN(C(=O)C(Cl)[N+](=O)[O-])c1ccccc1. The highest BCUT2D eigenvalue weighted by Gasteiger charge is 2.32. The molecular weight excluding hydrogens is 284 g/mol. The molecule has 1 unspecified atom stereocenters. The van der Waals surface area contributed by atoms with Gasteiger partial charge in [-0.05, 0) is 29.7 Å². The number of anilines is 1. The van der Waals surface area contributed by atoms with Gasteiger partial charge in [-0.3, -0.25) is 19.8 Å². The zero-order valence-corrected chi connectivity index (χ0v) is 12.1. The summed E-state index contributed by atoms with van der Waals surface area (Å²) in [4.78, 5) is 23.0. The maximum atomic E-state index is 12.0. The highest BCUT2D eigenvalue weighted by molar-refractivity contribution is 6.31. The van der Waals surface area contributed by atoms with E-state index in [1.54, 1.807) is 30.3 Å². The minimum atomic E-state index is -1.82. The van der Waals surface area contributed by atoms with Crippen LogP contribution in [-0.2, 0) is 9.53 Å². The van der Waals surface area contributed by atoms with Gasteiger partial charge < -0.3 is 4.74 Å². The van der Waals surface area contributed by atoms with Gasteiger partial charge in [0.05, 0.1) is 6.61 Å². The van der Waals surface area contributed by atoms with Crippen LogP contribution in [0.15, 0.2) is 30.3 Å². The van der Waals surface area contributed by atoms with E-state index in [4.69, 9.17) is 16.3 Å². The lowest BCUT2D eigenvalue weighted by Crippen LogP contribution is -2.41. The molecule has 0 saturated carbocycles. The molecule has 0 aliphatic carbocycles. The monoisotopic (exact) mass is 300 g/mol. The minimum Gasteiger partial charge on any atom is -0.360 e. The molecule has 1 rings (SSSR count). The molecule has 20 heavy (non-hydrogen) atoms. The minimum absolute atomic E-state index is 0.0713. The average molecular weight is 301 g/mol. The lowest BCUT2D eigenvalue weighted by atomic mass is 10.2. The van der Waals surface area contributed by atoms with Crippen molar-refractivity contribution in [2.45, 2.75) is 19.3 Å². The zero-order chi connectivity index (χ0) is 15.1. The van der Waals surface area contributed by atoms with Crippen molar-refractivity contribution in [1.82, 2.24) is 0 Å². The van der Waals surface area contributed by atoms with Crippen molar-refractivity contribution in [2.75, 3.05) is 18.2 Å². The molecule has 1 aromatic rings. The predicted molar refractivity (Wildman–Crippen MR) is 76.2 cm³/mol. The summed E-state index contributed by atoms with van der Waals surface area (Å²) in [6.07, 6.45) is 0. The summed E-state index contributed by atoms with van der Waals surface area (Å²) < 4.78 is 5.39. The molecule has 0 fully saturated rings. The lowest BCUT2D eigenvalue weighted by molar-refractivity contribution is -0.484. The molecule has 0 radical (unpaired) electrons. The maximum absolute atomic E-state index is 12.0. The standard InChI is InChI=1S/C13H17ClN2O4/c1-10(2)8-20-9-15(11-6-4-3-5-7-11)13(17)12(14)16(18)19/h3-7,10,12H,8-9H2,1-2H3. The summed E-state index contributed by atoms with van der Waals surface area (Å²) >= 11 is 5.51. The number of rotatable bonds is 7. The first-order valence-corrected chi connectivity index (χ1v) is 6.59. The topological polar surface area (TPSA) is 72.7 Å². The molecule has 0 saturated heterocycles. The van der Waals surface area contributed by atoms with Gasteiger partial charge in [0.2, 0.25) is 0 Å². The predicted octanol–water partition coefficient (Wildman–Crippen LogP) is 2.49. The number of hydrogen-bond acceptors (Lipinski definition) is 4. The Labute approximate surface area is 122 Å². The molecule has 1 aromatic carbocycles. The number of alkyl halides is 1. The molecule has 0 spiro atoms. The van der Waals surface area contributed by atoms with Crippen LogP contribution in [0.3, 0.4) is 0 Å². The van der Waals surface area contributed by atoms with Crippen LogP contribution in [0.1, 0.15) is 13.8 Å². The van der Waals surface area contributed by atoms with E-state index in [2.05, 4.69) is 0 Å². The second-order valence-electron chi connectivity index (χ2n) is 4.62. The van der Waals surface area contributed by atoms with Crippen molar-refractivity contribution in [3.8, 4) is 0 Å². The van der Waals surface area contributed by atoms with Crippen molar-refractivity contribution in [2.24, 2.45) is 5.92 Å². The molecule has 6 nitrogen and oxygen atoms in total. The van der Waals surface area contributed by atoms with E-state index in [0.29, 0.717) is 18.2 Å². The van der Waals surface area contributed by atoms with Gasteiger partial charge in [0.15, 0.2) is 0 Å². The van der Waals surface area contributed by atoms with Gasteiger partial charge in [-0.15, -0.1) is 0 Å². The quantitative estimate of drug-likeness (QED) is 0.255. The molecule has 0 N–H and O–H groups in total. The first-order chi connectivity index (χ1) is 9.43. The Bertz CT molecular complexity index is 453. The summed E-state index contributed by atoms with van der Waals surface area (Å²) in [5.41, 5.74) is -1.31. The van der Waals surface area contributed by atoms with Crippen molar-refractivity contribution < 1.29 is 14.5 Å². The van der Waals surface area contributed by atoms with E-state index < -0.39 is 16.3 Å². The van der Waals surface area contributed by atoms with Crippen LogP contribution in [0.5, 0.6) is 0 Å². The van der Waals surface area contributed by atoms with Gasteiger partial charge in [-0.2, -0.15) is 0 Å². The molecule has 0 heterocycles. The Hall–Kier alpha value is -1.66. The second-order valence-corrected chi connectivity index (χ2v) is 5.03. The van der Waals surface area contributed by atoms with E-state index in [0.717, 1.165) is 0 Å². The Morgan fingerprint density at radius 2 is 2.00 bits per heavy atom. The molecule has 0 aliphatic rings. The van der Waals surface area contributed by atoms with Gasteiger partial charge in [-0.1, -0.05) is 32.0 Å². The van der Waals surface area contributed by atoms with E-state index in [1.165, 1.54) is 4.90 Å². The van der Waals surface area contributed by atoms with Gasteiger partial charge in [0.1, 0.15) is 6.73 Å². The number of nitro groups is 1. The number of halogens is 1.